The van der Waals surface area contributed by atoms with Crippen molar-refractivity contribution in [2.24, 2.45) is 0 Å². The van der Waals surface area contributed by atoms with Crippen LogP contribution in [0.15, 0.2) is 66.0 Å². The Hall–Kier alpha value is -2.90. The largest absolute Gasteiger partial charge is 0.321 e. The molecule has 3 amide bonds. The molecule has 0 atom stereocenters. The molecule has 28 heavy (non-hydrogen) atoms. The Morgan fingerprint density at radius 1 is 1.00 bits per heavy atom. The molecule has 0 bridgehead atoms. The van der Waals surface area contributed by atoms with Crippen molar-refractivity contribution in [3.8, 4) is 11.1 Å². The molecule has 0 radical (unpaired) electrons. The second kappa shape index (κ2) is 8.00. The van der Waals surface area contributed by atoms with Gasteiger partial charge in [0.25, 0.3) is 11.1 Å². The lowest BCUT2D eigenvalue weighted by atomic mass is 10.1. The maximum absolute atomic E-state index is 12.7. The van der Waals surface area contributed by atoms with Crippen LogP contribution in [0.2, 0.25) is 0 Å². The van der Waals surface area contributed by atoms with Gasteiger partial charge < -0.3 is 5.32 Å². The smallest absolute Gasteiger partial charge is 0.289 e. The summed E-state index contributed by atoms with van der Waals surface area (Å²) in [6.45, 7) is 0.252. The van der Waals surface area contributed by atoms with Gasteiger partial charge in [0.2, 0.25) is 5.91 Å². The molecular weight excluding hydrogens is 392 g/mol. The van der Waals surface area contributed by atoms with E-state index in [0.29, 0.717) is 10.6 Å². The van der Waals surface area contributed by atoms with E-state index in [4.69, 9.17) is 0 Å². The van der Waals surface area contributed by atoms with Gasteiger partial charge in [0.1, 0.15) is 0 Å². The van der Waals surface area contributed by atoms with Gasteiger partial charge >= 0.3 is 0 Å². The van der Waals surface area contributed by atoms with Crippen LogP contribution in [-0.2, 0) is 11.3 Å². The molecule has 0 unspecified atom stereocenters. The first-order valence-electron chi connectivity index (χ1n) is 8.62. The minimum atomic E-state index is -0.214. The Balaban J connectivity index is 1.45. The average Bonchev–Trinajstić information content (AvgIpc) is 3.33. The van der Waals surface area contributed by atoms with Crippen molar-refractivity contribution in [3.05, 3.63) is 76.5 Å². The summed E-state index contributed by atoms with van der Waals surface area (Å²) in [6.07, 6.45) is 0. The zero-order valence-corrected chi connectivity index (χ0v) is 16.4. The molecule has 1 aliphatic rings. The van der Waals surface area contributed by atoms with Gasteiger partial charge in [-0.25, -0.2) is 0 Å². The molecule has 0 saturated carbocycles. The number of nitrogens with one attached hydrogen (secondary N) is 1. The average molecular weight is 409 g/mol. The quantitative estimate of drug-likeness (QED) is 0.655. The van der Waals surface area contributed by atoms with Gasteiger partial charge in [0.15, 0.2) is 0 Å². The van der Waals surface area contributed by atoms with Crippen LogP contribution in [0.25, 0.3) is 11.1 Å². The number of hydrogen-bond donors (Lipinski definition) is 1. The minimum Gasteiger partial charge on any atom is -0.321 e. The van der Waals surface area contributed by atoms with E-state index in [0.717, 1.165) is 28.5 Å². The standard InChI is InChI=1S/C21H16N2O3S2/c24-18-13-28-21(26)23(18)12-14-6-8-16(9-7-14)22-20(25)19-17(10-11-27-19)15-4-2-1-3-5-15/h1-11H,12-13H2,(H,22,25). The van der Waals surface area contributed by atoms with Crippen molar-refractivity contribution < 1.29 is 14.4 Å². The maximum Gasteiger partial charge on any atom is 0.289 e. The molecule has 2 aromatic carbocycles. The molecule has 1 saturated heterocycles. The van der Waals surface area contributed by atoms with Crippen LogP contribution >= 0.6 is 23.1 Å². The predicted octanol–water partition coefficient (Wildman–Crippen LogP) is 4.86. The van der Waals surface area contributed by atoms with Gasteiger partial charge in [-0.1, -0.05) is 54.2 Å². The summed E-state index contributed by atoms with van der Waals surface area (Å²) in [5, 5.41) is 4.60. The summed E-state index contributed by atoms with van der Waals surface area (Å²) in [7, 11) is 0. The number of imide groups is 1. The first-order chi connectivity index (χ1) is 13.6. The molecule has 1 aromatic heterocycles. The zero-order valence-electron chi connectivity index (χ0n) is 14.8. The maximum atomic E-state index is 12.7. The highest BCUT2D eigenvalue weighted by molar-refractivity contribution is 8.14. The summed E-state index contributed by atoms with van der Waals surface area (Å²) in [5.74, 6) is -0.126. The molecule has 0 aliphatic carbocycles. The van der Waals surface area contributed by atoms with Crippen LogP contribution in [0.1, 0.15) is 15.2 Å². The van der Waals surface area contributed by atoms with Gasteiger partial charge in [-0.05, 0) is 34.7 Å². The van der Waals surface area contributed by atoms with Crippen molar-refractivity contribution in [1.82, 2.24) is 4.90 Å². The SMILES string of the molecule is O=C(Nc1ccc(CN2C(=O)CSC2=O)cc1)c1sccc1-c1ccccc1. The van der Waals surface area contributed by atoms with Gasteiger partial charge in [-0.15, -0.1) is 11.3 Å². The van der Waals surface area contributed by atoms with E-state index in [2.05, 4.69) is 5.32 Å². The van der Waals surface area contributed by atoms with Gasteiger partial charge in [0, 0.05) is 11.3 Å². The summed E-state index contributed by atoms with van der Waals surface area (Å²) >= 11 is 2.42. The van der Waals surface area contributed by atoms with Gasteiger partial charge in [0.05, 0.1) is 17.2 Å². The third kappa shape index (κ3) is 3.85. The lowest BCUT2D eigenvalue weighted by Gasteiger charge is -2.13. The molecule has 140 valence electrons. The van der Waals surface area contributed by atoms with Crippen LogP contribution in [0.5, 0.6) is 0 Å². The third-order valence-corrected chi connectivity index (χ3v) is 6.12. The van der Waals surface area contributed by atoms with E-state index < -0.39 is 0 Å². The van der Waals surface area contributed by atoms with Crippen LogP contribution in [0.4, 0.5) is 10.5 Å². The number of amides is 3. The molecule has 2 heterocycles. The number of thioether (sulfide) groups is 1. The number of nitrogens with zero attached hydrogens (tertiary/aromatic N) is 1. The highest BCUT2D eigenvalue weighted by atomic mass is 32.2. The molecular formula is C21H16N2O3S2. The van der Waals surface area contributed by atoms with E-state index in [-0.39, 0.29) is 29.4 Å². The fourth-order valence-electron chi connectivity index (χ4n) is 2.93. The topological polar surface area (TPSA) is 66.5 Å². The fraction of sp³-hybridized carbons (Fsp3) is 0.0952. The Morgan fingerprint density at radius 3 is 2.43 bits per heavy atom. The van der Waals surface area contributed by atoms with Crippen molar-refractivity contribution in [2.75, 3.05) is 11.1 Å². The number of carbonyl (C=O) groups excluding carboxylic acids is 3. The van der Waals surface area contributed by atoms with Gasteiger partial charge in [-0.3, -0.25) is 19.3 Å². The minimum absolute atomic E-state index is 0.164. The summed E-state index contributed by atoms with van der Waals surface area (Å²) in [6, 6.07) is 18.9. The first-order valence-corrected chi connectivity index (χ1v) is 10.5. The number of rotatable bonds is 5. The Kier molecular flexibility index (Phi) is 5.27. The van der Waals surface area contributed by atoms with Crippen molar-refractivity contribution in [2.45, 2.75) is 6.54 Å². The summed E-state index contributed by atoms with van der Waals surface area (Å²) in [5.41, 5.74) is 3.41. The predicted molar refractivity (Wildman–Crippen MR) is 113 cm³/mol. The van der Waals surface area contributed by atoms with E-state index >= 15 is 0 Å². The number of thiophene rings is 1. The lowest BCUT2D eigenvalue weighted by Crippen LogP contribution is -2.27. The van der Waals surface area contributed by atoms with Crippen molar-refractivity contribution in [3.63, 3.8) is 0 Å². The molecule has 5 nitrogen and oxygen atoms in total. The Labute approximate surface area is 170 Å². The first kappa shape index (κ1) is 18.5. The molecule has 1 fully saturated rings. The molecule has 1 N–H and O–H groups in total. The van der Waals surface area contributed by atoms with Gasteiger partial charge in [-0.2, -0.15) is 0 Å². The Bertz CT molecular complexity index is 1010. The number of hydrogen-bond acceptors (Lipinski definition) is 5. The second-order valence-electron chi connectivity index (χ2n) is 6.21. The van der Waals surface area contributed by atoms with Crippen molar-refractivity contribution >= 4 is 45.8 Å². The zero-order chi connectivity index (χ0) is 19.5. The van der Waals surface area contributed by atoms with Crippen LogP contribution in [0.3, 0.4) is 0 Å². The van der Waals surface area contributed by atoms with Crippen LogP contribution in [-0.4, -0.2) is 27.7 Å². The highest BCUT2D eigenvalue weighted by Crippen LogP contribution is 2.29. The number of benzene rings is 2. The summed E-state index contributed by atoms with van der Waals surface area (Å²) in [4.78, 5) is 38.0. The molecule has 0 spiro atoms. The third-order valence-electron chi connectivity index (χ3n) is 4.35. The monoisotopic (exact) mass is 408 g/mol. The van der Waals surface area contributed by atoms with Crippen LogP contribution in [0, 0.1) is 0 Å². The fourth-order valence-corrected chi connectivity index (χ4v) is 4.46. The van der Waals surface area contributed by atoms with E-state index in [1.54, 1.807) is 12.1 Å². The molecule has 7 heteroatoms. The van der Waals surface area contributed by atoms with E-state index in [9.17, 15) is 14.4 Å². The number of anilines is 1. The second-order valence-corrected chi connectivity index (χ2v) is 8.06. The Morgan fingerprint density at radius 2 is 1.75 bits per heavy atom. The summed E-state index contributed by atoms with van der Waals surface area (Å²) < 4.78 is 0. The normalized spacial score (nSPS) is 13.8. The number of carbonyl (C=O) groups is 3. The highest BCUT2D eigenvalue weighted by Gasteiger charge is 2.29. The molecule has 4 rings (SSSR count). The van der Waals surface area contributed by atoms with E-state index in [1.807, 2.05) is 53.9 Å². The van der Waals surface area contributed by atoms with E-state index in [1.165, 1.54) is 16.2 Å². The van der Waals surface area contributed by atoms with Crippen molar-refractivity contribution in [1.29, 1.82) is 0 Å². The van der Waals surface area contributed by atoms with Crippen LogP contribution < -0.4 is 5.32 Å². The molecule has 1 aliphatic heterocycles. The molecule has 3 aromatic rings. The lowest BCUT2D eigenvalue weighted by molar-refractivity contribution is -0.125.